The summed E-state index contributed by atoms with van der Waals surface area (Å²) < 4.78 is 5.82. The number of rotatable bonds is 7. The van der Waals surface area contributed by atoms with Crippen molar-refractivity contribution in [1.29, 1.82) is 0 Å². The Morgan fingerprint density at radius 1 is 1.26 bits per heavy atom. The SMILES string of the molecule is CCOc1cc(N(CC)CC)ccc1/C=C1/C(=O)N(c2nnn[n-]2)N=C1C. The molecule has 1 amide bonds. The quantitative estimate of drug-likeness (QED) is 0.688. The molecule has 0 bridgehead atoms. The topological polar surface area (TPSA) is 97.9 Å². The van der Waals surface area contributed by atoms with Gasteiger partial charge in [-0.3, -0.25) is 9.89 Å². The first-order chi connectivity index (χ1) is 13.1. The second-order valence-corrected chi connectivity index (χ2v) is 5.87. The fourth-order valence-electron chi connectivity index (χ4n) is 2.91. The summed E-state index contributed by atoms with van der Waals surface area (Å²) >= 11 is 0. The summed E-state index contributed by atoms with van der Waals surface area (Å²) in [6.45, 7) is 10.3. The van der Waals surface area contributed by atoms with Crippen LogP contribution in [-0.2, 0) is 4.79 Å². The minimum absolute atomic E-state index is 0.0599. The van der Waals surface area contributed by atoms with Crippen LogP contribution in [0.1, 0.15) is 33.3 Å². The van der Waals surface area contributed by atoms with Crippen LogP contribution in [0.4, 0.5) is 11.6 Å². The van der Waals surface area contributed by atoms with Gasteiger partial charge >= 0.3 is 0 Å². The number of amides is 1. The molecule has 0 atom stereocenters. The van der Waals surface area contributed by atoms with E-state index in [1.807, 2.05) is 25.1 Å². The second-order valence-electron chi connectivity index (χ2n) is 5.87. The summed E-state index contributed by atoms with van der Waals surface area (Å²) in [5.74, 6) is 0.462. The zero-order valence-electron chi connectivity index (χ0n) is 15.9. The maximum atomic E-state index is 12.7. The number of hydrogen-bond donors (Lipinski definition) is 0. The Balaban J connectivity index is 1.96. The molecule has 9 heteroatoms. The minimum atomic E-state index is -0.322. The third kappa shape index (κ3) is 3.67. The highest BCUT2D eigenvalue weighted by Crippen LogP contribution is 2.30. The molecule has 3 rings (SSSR count). The van der Waals surface area contributed by atoms with E-state index in [4.69, 9.17) is 4.74 Å². The normalized spacial score (nSPS) is 15.4. The van der Waals surface area contributed by atoms with Crippen molar-refractivity contribution in [2.24, 2.45) is 5.10 Å². The average molecular weight is 368 g/mol. The molecule has 0 unspecified atom stereocenters. The third-order valence-corrected chi connectivity index (χ3v) is 4.29. The lowest BCUT2D eigenvalue weighted by atomic mass is 10.1. The van der Waals surface area contributed by atoms with Crippen LogP contribution in [0, 0.1) is 0 Å². The zero-order valence-corrected chi connectivity index (χ0v) is 15.9. The molecule has 0 saturated heterocycles. The molecule has 0 fully saturated rings. The summed E-state index contributed by atoms with van der Waals surface area (Å²) in [7, 11) is 0. The molecule has 0 aliphatic carbocycles. The van der Waals surface area contributed by atoms with Gasteiger partial charge in [-0.15, -0.1) is 5.21 Å². The lowest BCUT2D eigenvalue weighted by molar-refractivity contribution is -0.114. The Bertz CT molecular complexity index is 870. The van der Waals surface area contributed by atoms with E-state index >= 15 is 0 Å². The van der Waals surface area contributed by atoms with Crippen molar-refractivity contribution in [3.8, 4) is 5.75 Å². The summed E-state index contributed by atoms with van der Waals surface area (Å²) in [5.41, 5.74) is 2.92. The van der Waals surface area contributed by atoms with Gasteiger partial charge in [-0.2, -0.15) is 5.21 Å². The van der Waals surface area contributed by atoms with Crippen molar-refractivity contribution in [3.63, 3.8) is 0 Å². The lowest BCUT2D eigenvalue weighted by Gasteiger charge is -2.22. The first kappa shape index (κ1) is 18.6. The molecule has 1 aliphatic rings. The van der Waals surface area contributed by atoms with Gasteiger partial charge in [-0.25, -0.2) is 15.2 Å². The summed E-state index contributed by atoms with van der Waals surface area (Å²) in [6.07, 6.45) is 1.78. The van der Waals surface area contributed by atoms with Gasteiger partial charge in [0.25, 0.3) is 0 Å². The second kappa shape index (κ2) is 7.98. The van der Waals surface area contributed by atoms with Gasteiger partial charge in [0.15, 0.2) is 0 Å². The summed E-state index contributed by atoms with van der Waals surface area (Å²) in [5, 5.41) is 19.5. The molecule has 142 valence electrons. The van der Waals surface area contributed by atoms with Crippen LogP contribution in [0.5, 0.6) is 5.75 Å². The molecule has 2 aromatic rings. The largest absolute Gasteiger partial charge is 0.493 e. The van der Waals surface area contributed by atoms with Crippen molar-refractivity contribution >= 4 is 29.3 Å². The number of carbonyl (C=O) groups is 1. The number of ether oxygens (including phenoxy) is 1. The van der Waals surface area contributed by atoms with Crippen LogP contribution in [0.3, 0.4) is 0 Å². The van der Waals surface area contributed by atoms with Crippen molar-refractivity contribution in [2.45, 2.75) is 27.7 Å². The molecule has 1 aromatic carbocycles. The van der Waals surface area contributed by atoms with E-state index in [-0.39, 0.29) is 11.9 Å². The predicted octanol–water partition coefficient (Wildman–Crippen LogP) is 1.88. The van der Waals surface area contributed by atoms with Crippen LogP contribution in [0.2, 0.25) is 0 Å². The molecule has 27 heavy (non-hydrogen) atoms. The Labute approximate surface area is 157 Å². The van der Waals surface area contributed by atoms with Gasteiger partial charge in [0.1, 0.15) is 11.7 Å². The number of nitrogens with zero attached hydrogens (tertiary/aromatic N) is 7. The van der Waals surface area contributed by atoms with Crippen molar-refractivity contribution in [3.05, 3.63) is 29.3 Å². The number of benzene rings is 1. The number of hydrazone groups is 1. The van der Waals surface area contributed by atoms with E-state index in [1.54, 1.807) is 13.0 Å². The molecular weight excluding hydrogens is 346 g/mol. The highest BCUT2D eigenvalue weighted by atomic mass is 16.5. The fourth-order valence-corrected chi connectivity index (χ4v) is 2.91. The molecular formula is C18H22N7O2-. The monoisotopic (exact) mass is 368 g/mol. The predicted molar refractivity (Wildman–Crippen MR) is 103 cm³/mol. The van der Waals surface area contributed by atoms with Crippen LogP contribution < -0.4 is 19.7 Å². The van der Waals surface area contributed by atoms with E-state index in [0.29, 0.717) is 17.9 Å². The van der Waals surface area contributed by atoms with Gasteiger partial charge in [0.05, 0.1) is 17.9 Å². The highest BCUT2D eigenvalue weighted by Gasteiger charge is 2.26. The van der Waals surface area contributed by atoms with Crippen molar-refractivity contribution in [1.82, 2.24) is 20.6 Å². The van der Waals surface area contributed by atoms with Crippen LogP contribution in [-0.4, -0.2) is 46.8 Å². The maximum Gasteiger partial charge on any atom is 0.239 e. The van der Waals surface area contributed by atoms with Gasteiger partial charge in [-0.1, -0.05) is 0 Å². The average Bonchev–Trinajstić information content (AvgIpc) is 3.28. The number of aromatic nitrogens is 4. The van der Waals surface area contributed by atoms with E-state index in [0.717, 1.165) is 35.1 Å². The van der Waals surface area contributed by atoms with Gasteiger partial charge in [-0.05, 0) is 45.9 Å². The minimum Gasteiger partial charge on any atom is -0.493 e. The lowest BCUT2D eigenvalue weighted by Crippen LogP contribution is -2.23. The molecule has 1 aliphatic heterocycles. The molecule has 0 saturated carbocycles. The van der Waals surface area contributed by atoms with Crippen molar-refractivity contribution in [2.75, 3.05) is 29.6 Å². The van der Waals surface area contributed by atoms with Gasteiger partial charge in [0.2, 0.25) is 5.91 Å². The molecule has 1 aromatic heterocycles. The van der Waals surface area contributed by atoms with Gasteiger partial charge < -0.3 is 9.64 Å². The van der Waals surface area contributed by atoms with E-state index < -0.39 is 0 Å². The highest BCUT2D eigenvalue weighted by molar-refractivity contribution is 6.31. The third-order valence-electron chi connectivity index (χ3n) is 4.29. The van der Waals surface area contributed by atoms with E-state index in [2.05, 4.69) is 44.5 Å². The summed E-state index contributed by atoms with van der Waals surface area (Å²) in [6, 6.07) is 5.98. The van der Waals surface area contributed by atoms with E-state index in [1.165, 1.54) is 0 Å². The first-order valence-corrected chi connectivity index (χ1v) is 8.91. The number of tetrazole rings is 1. The first-order valence-electron chi connectivity index (χ1n) is 8.91. The maximum absolute atomic E-state index is 12.7. The molecule has 2 heterocycles. The molecule has 0 radical (unpaired) electrons. The van der Waals surface area contributed by atoms with E-state index in [9.17, 15) is 4.79 Å². The summed E-state index contributed by atoms with van der Waals surface area (Å²) in [4.78, 5) is 15.0. The molecule has 0 spiro atoms. The standard InChI is InChI=1S/C18H22N7O2/c1-5-24(6-2)14-9-8-13(16(11-14)27-7-3)10-15-12(4)21-25(17(15)26)18-19-22-23-20-18/h8-11H,5-7H2,1-4H3/q-1/b15-10+. The van der Waals surface area contributed by atoms with Crippen molar-refractivity contribution < 1.29 is 9.53 Å². The Morgan fingerprint density at radius 3 is 2.67 bits per heavy atom. The van der Waals surface area contributed by atoms with Crippen LogP contribution >= 0.6 is 0 Å². The van der Waals surface area contributed by atoms with Crippen LogP contribution in [0.25, 0.3) is 6.08 Å². The Kier molecular flexibility index (Phi) is 5.49. The van der Waals surface area contributed by atoms with Crippen LogP contribution in [0.15, 0.2) is 28.9 Å². The Morgan fingerprint density at radius 2 is 2.04 bits per heavy atom. The van der Waals surface area contributed by atoms with Gasteiger partial charge in [0, 0.05) is 30.4 Å². The zero-order chi connectivity index (χ0) is 19.4. The molecule has 0 N–H and O–H groups in total. The number of hydrogen-bond acceptors (Lipinski definition) is 7. The molecule has 9 nitrogen and oxygen atoms in total. The smallest absolute Gasteiger partial charge is 0.239 e. The Hall–Kier alpha value is -3.23. The number of carbonyl (C=O) groups excluding carboxylic acids is 1. The fraction of sp³-hybridized carbons (Fsp3) is 0.389. The number of anilines is 2.